The van der Waals surface area contributed by atoms with Crippen molar-refractivity contribution >= 4 is 5.97 Å². The second-order valence-electron chi connectivity index (χ2n) is 3.93. The van der Waals surface area contributed by atoms with Crippen LogP contribution >= 0.6 is 0 Å². The maximum Gasteiger partial charge on any atom is 0.306 e. The normalized spacial score (nSPS) is 11.9. The van der Waals surface area contributed by atoms with Crippen LogP contribution < -0.4 is 4.74 Å². The molecule has 1 aromatic rings. The van der Waals surface area contributed by atoms with Crippen molar-refractivity contribution in [3.8, 4) is 5.75 Å². The van der Waals surface area contributed by atoms with Gasteiger partial charge in [0.15, 0.2) is 0 Å². The summed E-state index contributed by atoms with van der Waals surface area (Å²) < 4.78 is 5.39. The summed E-state index contributed by atoms with van der Waals surface area (Å²) in [6.07, 6.45) is -1.28. The number of hydrogen-bond acceptors (Lipinski definition) is 3. The van der Waals surface area contributed by atoms with E-state index in [0.717, 1.165) is 5.57 Å². The van der Waals surface area contributed by atoms with Crippen molar-refractivity contribution in [2.75, 3.05) is 6.61 Å². The summed E-state index contributed by atoms with van der Waals surface area (Å²) >= 11 is 0. The Morgan fingerprint density at radius 3 is 2.47 bits per heavy atom. The lowest BCUT2D eigenvalue weighted by molar-refractivity contribution is -0.139. The van der Waals surface area contributed by atoms with Gasteiger partial charge in [0.2, 0.25) is 0 Å². The highest BCUT2D eigenvalue weighted by Gasteiger charge is 2.11. The number of aliphatic carboxylic acids is 1. The standard InChI is InChI=1S/C13H16O4/c1-9(2)8-17-11-5-3-10(4-6-11)12(14)7-13(15)16/h3-6,12,14H,1,7-8H2,2H3,(H,15,16). The molecule has 0 radical (unpaired) electrons. The SMILES string of the molecule is C=C(C)COc1ccc(C(O)CC(=O)O)cc1. The highest BCUT2D eigenvalue weighted by molar-refractivity contribution is 5.67. The molecule has 0 aromatic heterocycles. The molecule has 4 nitrogen and oxygen atoms in total. The van der Waals surface area contributed by atoms with Gasteiger partial charge in [-0.15, -0.1) is 0 Å². The minimum Gasteiger partial charge on any atom is -0.489 e. The predicted molar refractivity (Wildman–Crippen MR) is 64.0 cm³/mol. The molecule has 0 aliphatic heterocycles. The Balaban J connectivity index is 2.60. The lowest BCUT2D eigenvalue weighted by Gasteiger charge is -2.10. The first-order chi connectivity index (χ1) is 7.99. The number of rotatable bonds is 6. The van der Waals surface area contributed by atoms with E-state index in [1.54, 1.807) is 24.3 Å². The van der Waals surface area contributed by atoms with Crippen LogP contribution in [0.3, 0.4) is 0 Å². The zero-order valence-corrected chi connectivity index (χ0v) is 9.72. The number of carboxylic acid groups (broad SMARTS) is 1. The molecular formula is C13H16O4. The van der Waals surface area contributed by atoms with Gasteiger partial charge in [0.05, 0.1) is 12.5 Å². The molecule has 1 unspecified atom stereocenters. The molecule has 0 fully saturated rings. The van der Waals surface area contributed by atoms with Crippen molar-refractivity contribution < 1.29 is 19.7 Å². The molecule has 0 saturated heterocycles. The average Bonchev–Trinajstić information content (AvgIpc) is 2.26. The van der Waals surface area contributed by atoms with Crippen LogP contribution in [0.2, 0.25) is 0 Å². The summed E-state index contributed by atoms with van der Waals surface area (Å²) in [6, 6.07) is 6.70. The highest BCUT2D eigenvalue weighted by Crippen LogP contribution is 2.20. The van der Waals surface area contributed by atoms with Crippen LogP contribution in [0.4, 0.5) is 0 Å². The van der Waals surface area contributed by atoms with Gasteiger partial charge < -0.3 is 14.9 Å². The van der Waals surface area contributed by atoms with Crippen LogP contribution in [0.1, 0.15) is 25.0 Å². The van der Waals surface area contributed by atoms with Crippen molar-refractivity contribution in [2.24, 2.45) is 0 Å². The number of ether oxygens (including phenoxy) is 1. The molecule has 4 heteroatoms. The number of aliphatic hydroxyl groups is 1. The summed E-state index contributed by atoms with van der Waals surface area (Å²) in [4.78, 5) is 10.4. The Hall–Kier alpha value is -1.81. The largest absolute Gasteiger partial charge is 0.489 e. The Labute approximate surface area is 100 Å². The molecule has 2 N–H and O–H groups in total. The minimum absolute atomic E-state index is 0.300. The fourth-order valence-electron chi connectivity index (χ4n) is 1.28. The third-order valence-corrected chi connectivity index (χ3v) is 2.12. The predicted octanol–water partition coefficient (Wildman–Crippen LogP) is 2.15. The second kappa shape index (κ2) is 6.06. The fourth-order valence-corrected chi connectivity index (χ4v) is 1.28. The molecule has 0 saturated carbocycles. The molecule has 0 aliphatic carbocycles. The zero-order chi connectivity index (χ0) is 12.8. The topological polar surface area (TPSA) is 66.8 Å². The second-order valence-corrected chi connectivity index (χ2v) is 3.93. The molecule has 17 heavy (non-hydrogen) atoms. The molecule has 1 rings (SSSR count). The fraction of sp³-hybridized carbons (Fsp3) is 0.308. The number of carboxylic acids is 1. The lowest BCUT2D eigenvalue weighted by atomic mass is 10.1. The highest BCUT2D eigenvalue weighted by atomic mass is 16.5. The van der Waals surface area contributed by atoms with Crippen LogP contribution in [0.25, 0.3) is 0 Å². The van der Waals surface area contributed by atoms with Crippen LogP contribution in [-0.4, -0.2) is 22.8 Å². The molecule has 0 amide bonds. The molecule has 1 atom stereocenters. The van der Waals surface area contributed by atoms with Crippen molar-refractivity contribution in [3.63, 3.8) is 0 Å². The van der Waals surface area contributed by atoms with Crippen LogP contribution in [-0.2, 0) is 4.79 Å². The summed E-state index contributed by atoms with van der Waals surface area (Å²) in [5.41, 5.74) is 1.48. The first-order valence-electron chi connectivity index (χ1n) is 5.26. The molecule has 0 bridgehead atoms. The van der Waals surface area contributed by atoms with Gasteiger partial charge in [-0.05, 0) is 30.2 Å². The Bertz CT molecular complexity index is 394. The molecule has 0 heterocycles. The zero-order valence-electron chi connectivity index (χ0n) is 9.72. The lowest BCUT2D eigenvalue weighted by Crippen LogP contribution is -2.05. The first-order valence-corrected chi connectivity index (χ1v) is 5.26. The van der Waals surface area contributed by atoms with Gasteiger partial charge in [-0.2, -0.15) is 0 Å². The molecule has 92 valence electrons. The van der Waals surface area contributed by atoms with Crippen molar-refractivity contribution in [2.45, 2.75) is 19.4 Å². The molecule has 0 aliphatic rings. The van der Waals surface area contributed by atoms with Crippen LogP contribution in [0.5, 0.6) is 5.75 Å². The van der Waals surface area contributed by atoms with Crippen LogP contribution in [0, 0.1) is 0 Å². The van der Waals surface area contributed by atoms with Crippen molar-refractivity contribution in [1.29, 1.82) is 0 Å². The van der Waals surface area contributed by atoms with Crippen molar-refractivity contribution in [1.82, 2.24) is 0 Å². The molecular weight excluding hydrogens is 220 g/mol. The van der Waals surface area contributed by atoms with Gasteiger partial charge >= 0.3 is 5.97 Å². The van der Waals surface area contributed by atoms with E-state index in [1.165, 1.54) is 0 Å². The van der Waals surface area contributed by atoms with E-state index in [9.17, 15) is 9.90 Å². The Morgan fingerprint density at radius 2 is 2.00 bits per heavy atom. The van der Waals surface area contributed by atoms with E-state index >= 15 is 0 Å². The first kappa shape index (κ1) is 13.3. The Morgan fingerprint density at radius 1 is 1.41 bits per heavy atom. The van der Waals surface area contributed by atoms with E-state index < -0.39 is 12.1 Å². The van der Waals surface area contributed by atoms with Crippen molar-refractivity contribution in [3.05, 3.63) is 42.0 Å². The van der Waals surface area contributed by atoms with Gasteiger partial charge in [-0.1, -0.05) is 18.7 Å². The number of hydrogen-bond donors (Lipinski definition) is 2. The smallest absolute Gasteiger partial charge is 0.306 e. The van der Waals surface area contributed by atoms with Gasteiger partial charge in [-0.3, -0.25) is 4.79 Å². The summed E-state index contributed by atoms with van der Waals surface area (Å²) in [5.74, 6) is -0.362. The van der Waals surface area contributed by atoms with E-state index in [2.05, 4.69) is 6.58 Å². The third-order valence-electron chi connectivity index (χ3n) is 2.12. The summed E-state index contributed by atoms with van der Waals surface area (Å²) in [5, 5.41) is 18.1. The van der Waals surface area contributed by atoms with Crippen LogP contribution in [0.15, 0.2) is 36.4 Å². The number of carbonyl (C=O) groups is 1. The van der Waals surface area contributed by atoms with Gasteiger partial charge in [0, 0.05) is 0 Å². The monoisotopic (exact) mass is 236 g/mol. The molecule has 0 spiro atoms. The Kier molecular flexibility index (Phi) is 4.72. The number of aliphatic hydroxyl groups excluding tert-OH is 1. The minimum atomic E-state index is -1.03. The average molecular weight is 236 g/mol. The van der Waals surface area contributed by atoms with E-state index in [0.29, 0.717) is 17.9 Å². The quantitative estimate of drug-likeness (QED) is 0.743. The van der Waals surface area contributed by atoms with Gasteiger partial charge in [0.1, 0.15) is 12.4 Å². The van der Waals surface area contributed by atoms with E-state index in [-0.39, 0.29) is 6.42 Å². The maximum atomic E-state index is 10.4. The van der Waals surface area contributed by atoms with Gasteiger partial charge in [0.25, 0.3) is 0 Å². The summed E-state index contributed by atoms with van der Waals surface area (Å²) in [7, 11) is 0. The number of benzene rings is 1. The van der Waals surface area contributed by atoms with E-state index in [1.807, 2.05) is 6.92 Å². The maximum absolute atomic E-state index is 10.4. The van der Waals surface area contributed by atoms with E-state index in [4.69, 9.17) is 9.84 Å². The van der Waals surface area contributed by atoms with Gasteiger partial charge in [-0.25, -0.2) is 0 Å². The summed E-state index contributed by atoms with van der Waals surface area (Å²) in [6.45, 7) is 6.03. The molecule has 1 aromatic carbocycles. The third kappa shape index (κ3) is 4.70.